The lowest BCUT2D eigenvalue weighted by Crippen LogP contribution is -2.50. The number of aromatic nitrogens is 2. The summed E-state index contributed by atoms with van der Waals surface area (Å²) in [5.41, 5.74) is 0. The van der Waals surface area contributed by atoms with Crippen LogP contribution < -0.4 is 4.90 Å². The Balaban J connectivity index is 1.87. The molecule has 0 unspecified atom stereocenters. The van der Waals surface area contributed by atoms with Crippen LogP contribution in [0.1, 0.15) is 13.8 Å². The Morgan fingerprint density at radius 2 is 2.05 bits per heavy atom. The van der Waals surface area contributed by atoms with Crippen molar-refractivity contribution in [2.75, 3.05) is 44.3 Å². The van der Waals surface area contributed by atoms with Crippen LogP contribution in [0.2, 0.25) is 0 Å². The highest BCUT2D eigenvalue weighted by molar-refractivity contribution is 5.77. The topological polar surface area (TPSA) is 50.6 Å². The molecule has 1 fully saturated rings. The molecule has 0 bridgehead atoms. The summed E-state index contributed by atoms with van der Waals surface area (Å²) in [6, 6.07) is 0. The van der Waals surface area contributed by atoms with Crippen molar-refractivity contribution in [3.8, 4) is 0 Å². The lowest BCUT2D eigenvalue weighted by atomic mass is 10.3. The summed E-state index contributed by atoms with van der Waals surface area (Å²) in [7, 11) is 0. The fourth-order valence-corrected chi connectivity index (χ4v) is 2.27. The summed E-state index contributed by atoms with van der Waals surface area (Å²) in [6.07, 6.45) is 3.81. The van der Waals surface area contributed by atoms with Crippen LogP contribution >= 0.6 is 0 Å². The highest BCUT2D eigenvalue weighted by Crippen LogP contribution is 2.14. The van der Waals surface area contributed by atoms with Crippen molar-refractivity contribution in [1.29, 1.82) is 0 Å². The molecule has 0 aliphatic carbocycles. The van der Waals surface area contributed by atoms with Crippen molar-refractivity contribution in [2.45, 2.75) is 20.4 Å². The van der Waals surface area contributed by atoms with E-state index in [1.165, 1.54) is 0 Å². The van der Waals surface area contributed by atoms with Crippen molar-refractivity contribution in [1.82, 2.24) is 14.5 Å². The van der Waals surface area contributed by atoms with Gasteiger partial charge in [-0.05, 0) is 13.8 Å². The lowest BCUT2D eigenvalue weighted by molar-refractivity contribution is -0.136. The third-order valence-corrected chi connectivity index (χ3v) is 3.38. The first-order valence-corrected chi connectivity index (χ1v) is 6.87. The van der Waals surface area contributed by atoms with Gasteiger partial charge in [-0.15, -0.1) is 0 Å². The molecule has 0 radical (unpaired) electrons. The number of piperazine rings is 1. The van der Waals surface area contributed by atoms with E-state index in [4.69, 9.17) is 4.74 Å². The maximum absolute atomic E-state index is 11.8. The average molecular weight is 266 g/mol. The molecule has 0 N–H and O–H groups in total. The lowest BCUT2D eigenvalue weighted by Gasteiger charge is -2.35. The second-order valence-corrected chi connectivity index (χ2v) is 4.52. The fourth-order valence-electron chi connectivity index (χ4n) is 2.27. The zero-order valence-electron chi connectivity index (χ0n) is 11.7. The Morgan fingerprint density at radius 3 is 2.68 bits per heavy atom. The van der Waals surface area contributed by atoms with Crippen LogP contribution in [0.25, 0.3) is 0 Å². The van der Waals surface area contributed by atoms with Crippen LogP contribution in [0.15, 0.2) is 12.4 Å². The molecule has 1 saturated heterocycles. The minimum absolute atomic E-state index is 0.0836. The van der Waals surface area contributed by atoms with Gasteiger partial charge in [0.25, 0.3) is 0 Å². The molecule has 106 valence electrons. The SMILES string of the molecule is CCOCC(=O)N1CCN(c2nccn2CC)CC1. The minimum Gasteiger partial charge on any atom is -0.372 e. The zero-order valence-corrected chi connectivity index (χ0v) is 11.7. The van der Waals surface area contributed by atoms with E-state index in [2.05, 4.69) is 21.4 Å². The quantitative estimate of drug-likeness (QED) is 0.782. The van der Waals surface area contributed by atoms with Crippen LogP contribution in [-0.4, -0.2) is 59.8 Å². The number of anilines is 1. The molecular weight excluding hydrogens is 244 g/mol. The van der Waals surface area contributed by atoms with E-state index in [9.17, 15) is 4.79 Å². The van der Waals surface area contributed by atoms with Gasteiger partial charge in [-0.1, -0.05) is 0 Å². The van der Waals surface area contributed by atoms with Crippen molar-refractivity contribution < 1.29 is 9.53 Å². The molecule has 1 aliphatic heterocycles. The average Bonchev–Trinajstić information content (AvgIpc) is 2.93. The molecule has 0 atom stereocenters. The van der Waals surface area contributed by atoms with Crippen LogP contribution in [0.5, 0.6) is 0 Å². The van der Waals surface area contributed by atoms with Gasteiger partial charge in [0, 0.05) is 51.7 Å². The first-order valence-electron chi connectivity index (χ1n) is 6.87. The summed E-state index contributed by atoms with van der Waals surface area (Å²) in [5, 5.41) is 0. The van der Waals surface area contributed by atoms with E-state index in [-0.39, 0.29) is 12.5 Å². The summed E-state index contributed by atoms with van der Waals surface area (Å²) in [5.74, 6) is 1.08. The van der Waals surface area contributed by atoms with Crippen molar-refractivity contribution in [3.05, 3.63) is 12.4 Å². The predicted molar refractivity (Wildman–Crippen MR) is 73.2 cm³/mol. The molecule has 6 heteroatoms. The van der Waals surface area contributed by atoms with Gasteiger partial charge >= 0.3 is 0 Å². The molecule has 0 aromatic carbocycles. The number of rotatable bonds is 5. The molecule has 19 heavy (non-hydrogen) atoms. The molecule has 1 amide bonds. The monoisotopic (exact) mass is 266 g/mol. The Labute approximate surface area is 114 Å². The van der Waals surface area contributed by atoms with Crippen LogP contribution in [-0.2, 0) is 16.1 Å². The number of imidazole rings is 1. The van der Waals surface area contributed by atoms with Gasteiger partial charge in [0.1, 0.15) is 6.61 Å². The summed E-state index contributed by atoms with van der Waals surface area (Å²) < 4.78 is 7.29. The van der Waals surface area contributed by atoms with E-state index >= 15 is 0 Å². The van der Waals surface area contributed by atoms with Crippen LogP contribution in [0.3, 0.4) is 0 Å². The predicted octanol–water partition coefficient (Wildman–Crippen LogP) is 0.588. The fraction of sp³-hybridized carbons (Fsp3) is 0.692. The first kappa shape index (κ1) is 13.9. The molecule has 0 saturated carbocycles. The number of aryl methyl sites for hydroxylation is 1. The number of carbonyl (C=O) groups excluding carboxylic acids is 1. The van der Waals surface area contributed by atoms with E-state index < -0.39 is 0 Å². The maximum atomic E-state index is 11.8. The maximum Gasteiger partial charge on any atom is 0.248 e. The Kier molecular flexibility index (Phi) is 4.79. The second kappa shape index (κ2) is 6.56. The molecule has 1 aromatic rings. The zero-order chi connectivity index (χ0) is 13.7. The molecule has 0 spiro atoms. The van der Waals surface area contributed by atoms with Gasteiger partial charge in [0.2, 0.25) is 11.9 Å². The Morgan fingerprint density at radius 1 is 1.32 bits per heavy atom. The largest absolute Gasteiger partial charge is 0.372 e. The third kappa shape index (κ3) is 3.26. The molecule has 1 aliphatic rings. The normalized spacial score (nSPS) is 15.9. The van der Waals surface area contributed by atoms with Gasteiger partial charge in [0.15, 0.2) is 0 Å². The molecule has 2 rings (SSSR count). The Bertz CT molecular complexity index is 411. The molecule has 2 heterocycles. The van der Waals surface area contributed by atoms with Gasteiger partial charge in [-0.3, -0.25) is 4.79 Å². The highest BCUT2D eigenvalue weighted by atomic mass is 16.5. The number of ether oxygens (including phenoxy) is 1. The van der Waals surface area contributed by atoms with Gasteiger partial charge in [-0.25, -0.2) is 4.98 Å². The van der Waals surface area contributed by atoms with Crippen LogP contribution in [0, 0.1) is 0 Å². The molecular formula is C13H22N4O2. The van der Waals surface area contributed by atoms with E-state index in [0.717, 1.165) is 38.7 Å². The number of hydrogen-bond donors (Lipinski definition) is 0. The molecule has 1 aromatic heterocycles. The standard InChI is InChI=1S/C13H22N4O2/c1-3-15-6-5-14-13(15)17-9-7-16(8-10-17)12(18)11-19-4-2/h5-6H,3-4,7-11H2,1-2H3. The van der Waals surface area contributed by atoms with E-state index in [1.54, 1.807) is 0 Å². The summed E-state index contributed by atoms with van der Waals surface area (Å²) >= 11 is 0. The van der Waals surface area contributed by atoms with Crippen molar-refractivity contribution in [2.24, 2.45) is 0 Å². The van der Waals surface area contributed by atoms with Gasteiger partial charge in [0.05, 0.1) is 0 Å². The van der Waals surface area contributed by atoms with Gasteiger partial charge < -0.3 is 19.1 Å². The van der Waals surface area contributed by atoms with Gasteiger partial charge in [-0.2, -0.15) is 0 Å². The smallest absolute Gasteiger partial charge is 0.248 e. The number of amides is 1. The van der Waals surface area contributed by atoms with Crippen molar-refractivity contribution in [3.63, 3.8) is 0 Å². The summed E-state index contributed by atoms with van der Waals surface area (Å²) in [6.45, 7) is 8.83. The summed E-state index contributed by atoms with van der Waals surface area (Å²) in [4.78, 5) is 20.3. The Hall–Kier alpha value is -1.56. The van der Waals surface area contributed by atoms with E-state index in [1.807, 2.05) is 24.2 Å². The second-order valence-electron chi connectivity index (χ2n) is 4.52. The molecule has 6 nitrogen and oxygen atoms in total. The van der Waals surface area contributed by atoms with Crippen LogP contribution in [0.4, 0.5) is 5.95 Å². The third-order valence-electron chi connectivity index (χ3n) is 3.38. The number of nitrogens with zero attached hydrogens (tertiary/aromatic N) is 4. The minimum atomic E-state index is 0.0836. The number of hydrogen-bond acceptors (Lipinski definition) is 4. The van der Waals surface area contributed by atoms with E-state index in [0.29, 0.717) is 6.61 Å². The first-order chi connectivity index (χ1) is 9.26. The van der Waals surface area contributed by atoms with Crippen molar-refractivity contribution >= 4 is 11.9 Å². The highest BCUT2D eigenvalue weighted by Gasteiger charge is 2.23. The number of carbonyl (C=O) groups is 1.